The molecule has 0 radical (unpaired) electrons. The molecule has 1 aliphatic heterocycles. The first kappa shape index (κ1) is 15.5. The molecule has 2 fully saturated rings. The summed E-state index contributed by atoms with van der Waals surface area (Å²) in [5, 5.41) is 0. The monoisotopic (exact) mass is 301 g/mol. The summed E-state index contributed by atoms with van der Waals surface area (Å²) in [6.45, 7) is 7.45. The van der Waals surface area contributed by atoms with Crippen molar-refractivity contribution in [3.8, 4) is 0 Å². The smallest absolute Gasteiger partial charge is 0.220 e. The highest BCUT2D eigenvalue weighted by Crippen LogP contribution is 2.47. The summed E-state index contributed by atoms with van der Waals surface area (Å²) in [6, 6.07) is 10.7. The molecule has 1 amide bonds. The largest absolute Gasteiger partial charge is 0.369 e. The van der Waals surface area contributed by atoms with E-state index in [0.29, 0.717) is 0 Å². The summed E-state index contributed by atoms with van der Waals surface area (Å²) in [6.07, 6.45) is 3.38. The molecule has 1 atom stereocenters. The van der Waals surface area contributed by atoms with Gasteiger partial charge in [0.15, 0.2) is 0 Å². The molecule has 0 bridgehead atoms. The zero-order chi connectivity index (χ0) is 15.6. The van der Waals surface area contributed by atoms with E-state index in [1.807, 2.05) is 6.92 Å². The summed E-state index contributed by atoms with van der Waals surface area (Å²) >= 11 is 0. The Bertz CT molecular complexity index is 504. The molecule has 1 aromatic carbocycles. The van der Waals surface area contributed by atoms with Crippen molar-refractivity contribution in [3.05, 3.63) is 35.9 Å². The van der Waals surface area contributed by atoms with Crippen molar-refractivity contribution < 1.29 is 4.79 Å². The fraction of sp³-hybridized carbons (Fsp3) is 0.611. The highest BCUT2D eigenvalue weighted by atomic mass is 16.1. The van der Waals surface area contributed by atoms with Gasteiger partial charge in [-0.2, -0.15) is 0 Å². The van der Waals surface area contributed by atoms with Crippen molar-refractivity contribution in [2.45, 2.75) is 38.3 Å². The van der Waals surface area contributed by atoms with Gasteiger partial charge in [0.2, 0.25) is 5.91 Å². The zero-order valence-corrected chi connectivity index (χ0v) is 13.5. The van der Waals surface area contributed by atoms with Crippen LogP contribution in [0, 0.1) is 5.92 Å². The number of carbonyl (C=O) groups is 1. The third-order valence-electron chi connectivity index (χ3n) is 5.29. The first-order chi connectivity index (χ1) is 10.6. The molecule has 1 aliphatic carbocycles. The molecule has 1 aromatic rings. The van der Waals surface area contributed by atoms with Crippen LogP contribution in [0.2, 0.25) is 0 Å². The average Bonchev–Trinajstić information content (AvgIpc) is 3.29. The van der Waals surface area contributed by atoms with Crippen LogP contribution in [-0.2, 0) is 11.3 Å². The Hall–Kier alpha value is -1.39. The van der Waals surface area contributed by atoms with Crippen LogP contribution in [0.25, 0.3) is 0 Å². The predicted octanol–water partition coefficient (Wildman–Crippen LogP) is 1.85. The predicted molar refractivity (Wildman–Crippen MR) is 88.2 cm³/mol. The summed E-state index contributed by atoms with van der Waals surface area (Å²) in [5.74, 6) is -0.168. The highest BCUT2D eigenvalue weighted by Gasteiger charge is 2.49. The molecule has 1 saturated heterocycles. The van der Waals surface area contributed by atoms with E-state index in [0.717, 1.165) is 39.1 Å². The minimum absolute atomic E-state index is 0.00940. The molecule has 1 heterocycles. The Kier molecular flexibility index (Phi) is 4.50. The van der Waals surface area contributed by atoms with Crippen LogP contribution in [0.1, 0.15) is 31.7 Å². The normalized spacial score (nSPS) is 23.1. The second-order valence-corrected chi connectivity index (χ2v) is 6.98. The molecule has 1 unspecified atom stereocenters. The van der Waals surface area contributed by atoms with Gasteiger partial charge in [-0.15, -0.1) is 0 Å². The van der Waals surface area contributed by atoms with Crippen molar-refractivity contribution in [2.75, 3.05) is 26.2 Å². The first-order valence-electron chi connectivity index (χ1n) is 8.40. The third-order valence-corrected chi connectivity index (χ3v) is 5.29. The third kappa shape index (κ3) is 3.50. The lowest BCUT2D eigenvalue weighted by Gasteiger charge is -2.40. The van der Waals surface area contributed by atoms with Crippen molar-refractivity contribution in [1.82, 2.24) is 9.80 Å². The van der Waals surface area contributed by atoms with Gasteiger partial charge in [-0.3, -0.25) is 14.6 Å². The van der Waals surface area contributed by atoms with Crippen LogP contribution in [-0.4, -0.2) is 47.4 Å². The fourth-order valence-electron chi connectivity index (χ4n) is 3.69. The van der Waals surface area contributed by atoms with E-state index in [4.69, 9.17) is 5.73 Å². The number of carbonyl (C=O) groups excluding carboxylic acids is 1. The number of nitrogens with zero attached hydrogens (tertiary/aromatic N) is 2. The van der Waals surface area contributed by atoms with Gasteiger partial charge in [0.25, 0.3) is 0 Å². The molecular formula is C18H27N3O. The van der Waals surface area contributed by atoms with Gasteiger partial charge >= 0.3 is 0 Å². The van der Waals surface area contributed by atoms with Gasteiger partial charge < -0.3 is 5.73 Å². The molecule has 0 spiro atoms. The molecule has 0 aromatic heterocycles. The Balaban J connectivity index is 1.50. The van der Waals surface area contributed by atoms with E-state index in [1.54, 1.807) is 0 Å². The van der Waals surface area contributed by atoms with E-state index in [-0.39, 0.29) is 17.4 Å². The van der Waals surface area contributed by atoms with E-state index in [9.17, 15) is 4.79 Å². The number of rotatable bonds is 6. The maximum Gasteiger partial charge on any atom is 0.220 e. The fourth-order valence-corrected chi connectivity index (χ4v) is 3.69. The Morgan fingerprint density at radius 3 is 2.36 bits per heavy atom. The number of amides is 1. The van der Waals surface area contributed by atoms with Crippen molar-refractivity contribution in [3.63, 3.8) is 0 Å². The van der Waals surface area contributed by atoms with Gasteiger partial charge in [0.05, 0.1) is 0 Å². The number of hydrogen-bond donors (Lipinski definition) is 1. The van der Waals surface area contributed by atoms with Crippen molar-refractivity contribution in [1.29, 1.82) is 0 Å². The topological polar surface area (TPSA) is 49.6 Å². The number of benzene rings is 1. The van der Waals surface area contributed by atoms with Crippen LogP contribution < -0.4 is 5.73 Å². The average molecular weight is 301 g/mol. The molecule has 1 saturated carbocycles. The summed E-state index contributed by atoms with van der Waals surface area (Å²) in [4.78, 5) is 16.5. The second-order valence-electron chi connectivity index (χ2n) is 6.98. The van der Waals surface area contributed by atoms with E-state index in [1.165, 1.54) is 18.4 Å². The number of nitrogens with two attached hydrogens (primary N) is 1. The van der Waals surface area contributed by atoms with Crippen LogP contribution in [0.3, 0.4) is 0 Å². The van der Waals surface area contributed by atoms with Gasteiger partial charge in [-0.25, -0.2) is 0 Å². The number of primary amides is 1. The Morgan fingerprint density at radius 1 is 1.18 bits per heavy atom. The van der Waals surface area contributed by atoms with E-state index < -0.39 is 0 Å². The number of piperazine rings is 1. The summed E-state index contributed by atoms with van der Waals surface area (Å²) in [5.41, 5.74) is 7.10. The maximum atomic E-state index is 11.3. The summed E-state index contributed by atoms with van der Waals surface area (Å²) < 4.78 is 0. The number of hydrogen-bond acceptors (Lipinski definition) is 3. The summed E-state index contributed by atoms with van der Waals surface area (Å²) in [7, 11) is 0. The molecule has 22 heavy (non-hydrogen) atoms. The molecular weight excluding hydrogens is 274 g/mol. The molecule has 2 N–H and O–H groups in total. The van der Waals surface area contributed by atoms with Crippen LogP contribution >= 0.6 is 0 Å². The molecule has 4 heteroatoms. The lowest BCUT2D eigenvalue weighted by molar-refractivity contribution is -0.122. The first-order valence-corrected chi connectivity index (χ1v) is 8.40. The molecule has 3 rings (SSSR count). The van der Waals surface area contributed by atoms with Crippen molar-refractivity contribution in [2.24, 2.45) is 11.7 Å². The van der Waals surface area contributed by atoms with Crippen LogP contribution in [0.5, 0.6) is 0 Å². The lowest BCUT2D eigenvalue weighted by Crippen LogP contribution is -2.52. The van der Waals surface area contributed by atoms with E-state index in [2.05, 4.69) is 40.1 Å². The van der Waals surface area contributed by atoms with Gasteiger partial charge in [-0.05, 0) is 24.8 Å². The molecule has 2 aliphatic rings. The van der Waals surface area contributed by atoms with E-state index >= 15 is 0 Å². The van der Waals surface area contributed by atoms with Gasteiger partial charge in [-0.1, -0.05) is 37.3 Å². The zero-order valence-electron chi connectivity index (χ0n) is 13.5. The standard InChI is InChI=1S/C18H27N3O/c1-15(17(19)22)13-18(7-8-18)21-11-9-20(10-12-21)14-16-5-3-2-4-6-16/h2-6,15H,7-14H2,1H3,(H2,19,22). The minimum Gasteiger partial charge on any atom is -0.369 e. The lowest BCUT2D eigenvalue weighted by atomic mass is 9.97. The van der Waals surface area contributed by atoms with Gasteiger partial charge in [0, 0.05) is 44.2 Å². The Morgan fingerprint density at radius 2 is 1.82 bits per heavy atom. The van der Waals surface area contributed by atoms with Gasteiger partial charge in [0.1, 0.15) is 0 Å². The quantitative estimate of drug-likeness (QED) is 0.872. The SMILES string of the molecule is CC(CC1(N2CCN(Cc3ccccc3)CC2)CC1)C(N)=O. The van der Waals surface area contributed by atoms with Crippen molar-refractivity contribution >= 4 is 5.91 Å². The molecule has 4 nitrogen and oxygen atoms in total. The van der Waals surface area contributed by atoms with Crippen LogP contribution in [0.15, 0.2) is 30.3 Å². The Labute approximate surface area is 133 Å². The highest BCUT2D eigenvalue weighted by molar-refractivity contribution is 5.76. The maximum absolute atomic E-state index is 11.3. The van der Waals surface area contributed by atoms with Crippen LogP contribution in [0.4, 0.5) is 0 Å². The minimum atomic E-state index is -0.158. The second kappa shape index (κ2) is 6.39. The molecule has 120 valence electrons.